The molecule has 0 bridgehead atoms. The summed E-state index contributed by atoms with van der Waals surface area (Å²) in [5.74, 6) is 0.276. The van der Waals surface area contributed by atoms with Crippen molar-refractivity contribution in [3.05, 3.63) is 101 Å². The Labute approximate surface area is 171 Å². The van der Waals surface area contributed by atoms with E-state index in [1.54, 1.807) is 30.5 Å². The van der Waals surface area contributed by atoms with Crippen molar-refractivity contribution in [3.63, 3.8) is 0 Å². The van der Waals surface area contributed by atoms with Crippen LogP contribution in [0.1, 0.15) is 15.9 Å². The lowest BCUT2D eigenvalue weighted by Gasteiger charge is -2.08. The first-order valence-corrected chi connectivity index (χ1v) is 9.86. The maximum atomic E-state index is 13.0. The molecular weight excluding hydrogens is 387 g/mol. The minimum atomic E-state index is -0.271. The van der Waals surface area contributed by atoms with Gasteiger partial charge in [-0.25, -0.2) is 9.37 Å². The number of benzene rings is 3. The molecular formula is C23H17FN2O2S. The van der Waals surface area contributed by atoms with Gasteiger partial charge in [0.1, 0.15) is 11.6 Å². The first-order valence-electron chi connectivity index (χ1n) is 8.98. The number of amides is 1. The highest BCUT2D eigenvalue weighted by Crippen LogP contribution is 2.23. The van der Waals surface area contributed by atoms with Crippen molar-refractivity contribution in [2.75, 3.05) is 0 Å². The maximum Gasteiger partial charge on any atom is 0.278 e. The third-order valence-corrected chi connectivity index (χ3v) is 4.96. The van der Waals surface area contributed by atoms with Gasteiger partial charge in [-0.15, -0.1) is 0 Å². The van der Waals surface area contributed by atoms with E-state index < -0.39 is 0 Å². The van der Waals surface area contributed by atoms with Crippen molar-refractivity contribution >= 4 is 17.2 Å². The number of halogens is 1. The zero-order valence-corrected chi connectivity index (χ0v) is 16.2. The molecule has 29 heavy (non-hydrogen) atoms. The summed E-state index contributed by atoms with van der Waals surface area (Å²) in [6.45, 7) is 0.413. The van der Waals surface area contributed by atoms with E-state index in [2.05, 4.69) is 10.3 Å². The number of nitrogens with one attached hydrogen (secondary N) is 1. The zero-order valence-electron chi connectivity index (χ0n) is 15.3. The average Bonchev–Trinajstić information content (AvgIpc) is 3.27. The molecule has 1 amide bonds. The Bertz CT molecular complexity index is 1080. The van der Waals surface area contributed by atoms with Crippen LogP contribution in [0.15, 0.2) is 84.4 Å². The van der Waals surface area contributed by atoms with Crippen LogP contribution in [0.2, 0.25) is 0 Å². The van der Waals surface area contributed by atoms with E-state index in [9.17, 15) is 9.18 Å². The molecule has 0 fully saturated rings. The van der Waals surface area contributed by atoms with Gasteiger partial charge < -0.3 is 10.1 Å². The summed E-state index contributed by atoms with van der Waals surface area (Å²) in [6.07, 6.45) is 1.69. The lowest BCUT2D eigenvalue weighted by Crippen LogP contribution is -2.22. The second-order valence-electron chi connectivity index (χ2n) is 6.31. The van der Waals surface area contributed by atoms with Gasteiger partial charge in [-0.3, -0.25) is 4.79 Å². The van der Waals surface area contributed by atoms with Gasteiger partial charge in [0, 0.05) is 23.7 Å². The van der Waals surface area contributed by atoms with Gasteiger partial charge in [0.25, 0.3) is 11.1 Å². The third kappa shape index (κ3) is 4.86. The first kappa shape index (κ1) is 18.8. The Morgan fingerprint density at radius 1 is 0.931 bits per heavy atom. The van der Waals surface area contributed by atoms with E-state index in [4.69, 9.17) is 4.74 Å². The van der Waals surface area contributed by atoms with E-state index >= 15 is 0 Å². The van der Waals surface area contributed by atoms with Crippen LogP contribution in [-0.4, -0.2) is 10.9 Å². The number of hydrogen-bond donors (Lipinski definition) is 1. The molecule has 0 saturated carbocycles. The summed E-state index contributed by atoms with van der Waals surface area (Å²) < 4.78 is 18.7. The topological polar surface area (TPSA) is 51.2 Å². The molecule has 3 aromatic carbocycles. The molecule has 1 N–H and O–H groups in total. The molecule has 0 aliphatic heterocycles. The predicted octanol–water partition coefficient (Wildman–Crippen LogP) is 5.67. The van der Waals surface area contributed by atoms with Crippen LogP contribution in [0.4, 0.5) is 4.39 Å². The minimum absolute atomic E-state index is 0.154. The Hall–Kier alpha value is -3.51. The standard InChI is InChI=1S/C23H17FN2O2S/c24-20-9-7-18(8-10-20)17-3-5-19(6-4-17)22(27)26-15-16-1-11-21(12-2-16)28-23-25-13-14-29-23/h1-14H,15H2,(H,26,27). The molecule has 144 valence electrons. The predicted molar refractivity (Wildman–Crippen MR) is 112 cm³/mol. The van der Waals surface area contributed by atoms with Crippen molar-refractivity contribution in [2.45, 2.75) is 6.54 Å². The molecule has 0 spiro atoms. The van der Waals surface area contributed by atoms with Gasteiger partial charge in [-0.05, 0) is 53.1 Å². The van der Waals surface area contributed by atoms with Crippen LogP contribution in [0.25, 0.3) is 11.1 Å². The van der Waals surface area contributed by atoms with E-state index in [0.29, 0.717) is 23.1 Å². The minimum Gasteiger partial charge on any atom is -0.431 e. The summed E-state index contributed by atoms with van der Waals surface area (Å²) in [5, 5.41) is 5.35. The van der Waals surface area contributed by atoms with Gasteiger partial charge in [-0.1, -0.05) is 47.7 Å². The molecule has 1 aromatic heterocycles. The quantitative estimate of drug-likeness (QED) is 0.450. The van der Waals surface area contributed by atoms with E-state index in [0.717, 1.165) is 16.7 Å². The van der Waals surface area contributed by atoms with Crippen LogP contribution in [0.3, 0.4) is 0 Å². The highest BCUT2D eigenvalue weighted by Gasteiger charge is 2.07. The van der Waals surface area contributed by atoms with Gasteiger partial charge in [-0.2, -0.15) is 0 Å². The molecule has 0 saturated heterocycles. The highest BCUT2D eigenvalue weighted by atomic mass is 32.1. The Morgan fingerprint density at radius 2 is 1.59 bits per heavy atom. The summed E-state index contributed by atoms with van der Waals surface area (Å²) in [4.78, 5) is 16.5. The van der Waals surface area contributed by atoms with Crippen molar-refractivity contribution in [1.82, 2.24) is 10.3 Å². The van der Waals surface area contributed by atoms with Crippen LogP contribution in [0.5, 0.6) is 10.9 Å². The van der Waals surface area contributed by atoms with Crippen molar-refractivity contribution in [3.8, 4) is 22.1 Å². The van der Waals surface area contributed by atoms with Gasteiger partial charge in [0.05, 0.1) is 0 Å². The lowest BCUT2D eigenvalue weighted by molar-refractivity contribution is 0.0951. The molecule has 0 aliphatic carbocycles. The molecule has 0 unspecified atom stereocenters. The van der Waals surface area contributed by atoms with E-state index in [1.165, 1.54) is 23.5 Å². The molecule has 0 aliphatic rings. The number of hydrogen-bond acceptors (Lipinski definition) is 4. The van der Waals surface area contributed by atoms with Crippen molar-refractivity contribution in [2.24, 2.45) is 0 Å². The Kier molecular flexibility index (Phi) is 5.63. The zero-order chi connectivity index (χ0) is 20.1. The Balaban J connectivity index is 1.34. The van der Waals surface area contributed by atoms with E-state index in [-0.39, 0.29) is 11.7 Å². The Morgan fingerprint density at radius 3 is 2.21 bits per heavy atom. The summed E-state index contributed by atoms with van der Waals surface area (Å²) >= 11 is 1.43. The van der Waals surface area contributed by atoms with Gasteiger partial charge >= 0.3 is 0 Å². The number of ether oxygens (including phenoxy) is 1. The third-order valence-electron chi connectivity index (χ3n) is 4.32. The smallest absolute Gasteiger partial charge is 0.278 e. The lowest BCUT2D eigenvalue weighted by atomic mass is 10.0. The molecule has 4 aromatic rings. The second-order valence-corrected chi connectivity index (χ2v) is 7.17. The van der Waals surface area contributed by atoms with Crippen LogP contribution in [0, 0.1) is 5.82 Å². The van der Waals surface area contributed by atoms with Gasteiger partial charge in [0.2, 0.25) is 0 Å². The van der Waals surface area contributed by atoms with Crippen molar-refractivity contribution < 1.29 is 13.9 Å². The van der Waals surface area contributed by atoms with Crippen molar-refractivity contribution in [1.29, 1.82) is 0 Å². The molecule has 0 atom stereocenters. The SMILES string of the molecule is O=C(NCc1ccc(Oc2nccs2)cc1)c1ccc(-c2ccc(F)cc2)cc1. The van der Waals surface area contributed by atoms with E-state index in [1.807, 2.05) is 41.8 Å². The number of nitrogens with zero attached hydrogens (tertiary/aromatic N) is 1. The first-order chi connectivity index (χ1) is 14.2. The molecule has 1 heterocycles. The van der Waals surface area contributed by atoms with Crippen LogP contribution in [-0.2, 0) is 6.54 Å². The number of carbonyl (C=O) groups excluding carboxylic acids is 1. The fourth-order valence-corrected chi connectivity index (χ4v) is 3.28. The largest absolute Gasteiger partial charge is 0.431 e. The second kappa shape index (κ2) is 8.67. The normalized spacial score (nSPS) is 10.5. The number of aromatic nitrogens is 1. The molecule has 4 nitrogen and oxygen atoms in total. The average molecular weight is 404 g/mol. The molecule has 4 rings (SSSR count). The monoisotopic (exact) mass is 404 g/mol. The van der Waals surface area contributed by atoms with Crippen LogP contribution >= 0.6 is 11.3 Å². The molecule has 6 heteroatoms. The molecule has 0 radical (unpaired) electrons. The fraction of sp³-hybridized carbons (Fsp3) is 0.0435. The fourth-order valence-electron chi connectivity index (χ4n) is 2.78. The maximum absolute atomic E-state index is 13.0. The summed E-state index contributed by atoms with van der Waals surface area (Å²) in [6, 6.07) is 21.0. The van der Waals surface area contributed by atoms with Crippen LogP contribution < -0.4 is 10.1 Å². The summed E-state index contributed by atoms with van der Waals surface area (Å²) in [7, 11) is 0. The number of carbonyl (C=O) groups is 1. The number of thiazole rings is 1. The highest BCUT2D eigenvalue weighted by molar-refractivity contribution is 7.11. The number of rotatable bonds is 6. The summed E-state index contributed by atoms with van der Waals surface area (Å²) in [5.41, 5.74) is 3.36. The van der Waals surface area contributed by atoms with Gasteiger partial charge in [0.15, 0.2) is 0 Å².